The van der Waals surface area contributed by atoms with Gasteiger partial charge in [0.1, 0.15) is 0 Å². The minimum absolute atomic E-state index is 0.156. The lowest BCUT2D eigenvalue weighted by molar-refractivity contribution is -0.118. The molecule has 1 amide bonds. The summed E-state index contributed by atoms with van der Waals surface area (Å²) in [6.45, 7) is 5.22. The number of hydrogen-bond donors (Lipinski definition) is 0. The van der Waals surface area contributed by atoms with Crippen molar-refractivity contribution in [1.82, 2.24) is 20.2 Å². The zero-order chi connectivity index (χ0) is 19.5. The van der Waals surface area contributed by atoms with Crippen molar-refractivity contribution in [3.63, 3.8) is 0 Å². The molecule has 1 aliphatic rings. The topological polar surface area (TPSA) is 81.1 Å². The van der Waals surface area contributed by atoms with Gasteiger partial charge in [-0.15, -0.1) is 16.8 Å². The monoisotopic (exact) mass is 391 g/mol. The highest BCUT2D eigenvalue weighted by Gasteiger charge is 2.34. The number of pyridine rings is 1. The number of rotatable bonds is 4. The fraction of sp³-hybridized carbons (Fsp3) is 0.150. The van der Waals surface area contributed by atoms with E-state index in [9.17, 15) is 4.79 Å². The van der Waals surface area contributed by atoms with Crippen LogP contribution >= 0.6 is 11.8 Å². The highest BCUT2D eigenvalue weighted by atomic mass is 32.2. The van der Waals surface area contributed by atoms with Gasteiger partial charge in [0, 0.05) is 36.2 Å². The number of carbonyl (C=O) groups excluding carboxylic acids is 1. The van der Waals surface area contributed by atoms with Crippen LogP contribution in [0.25, 0.3) is 11.3 Å². The smallest absolute Gasteiger partial charge is 0.247 e. The molecule has 1 atom stereocenters. The summed E-state index contributed by atoms with van der Waals surface area (Å²) >= 11 is 1.41. The van der Waals surface area contributed by atoms with Crippen molar-refractivity contribution < 1.29 is 9.53 Å². The number of hydrogen-bond acceptors (Lipinski definition) is 7. The van der Waals surface area contributed by atoms with Crippen molar-refractivity contribution in [3.8, 4) is 17.1 Å². The van der Waals surface area contributed by atoms with Gasteiger partial charge in [-0.2, -0.15) is 4.98 Å². The fourth-order valence-corrected chi connectivity index (χ4v) is 3.51. The number of nitrogens with zero attached hydrogens (tertiary/aromatic N) is 5. The Bertz CT molecular complexity index is 1030. The molecule has 0 spiro atoms. The Morgan fingerprint density at radius 3 is 2.79 bits per heavy atom. The predicted molar refractivity (Wildman–Crippen MR) is 107 cm³/mol. The number of carbonyl (C=O) groups is 1. The maximum Gasteiger partial charge on any atom is 0.247 e. The average molecular weight is 391 g/mol. The van der Waals surface area contributed by atoms with E-state index < -0.39 is 6.23 Å². The summed E-state index contributed by atoms with van der Waals surface area (Å²) in [5.41, 5.74) is 2.72. The first-order chi connectivity index (χ1) is 13.7. The minimum Gasteiger partial charge on any atom is -0.447 e. The van der Waals surface area contributed by atoms with Crippen molar-refractivity contribution in [2.24, 2.45) is 0 Å². The third-order valence-electron chi connectivity index (χ3n) is 4.17. The molecule has 0 saturated carbocycles. The zero-order valence-corrected chi connectivity index (χ0v) is 16.0. The van der Waals surface area contributed by atoms with E-state index in [4.69, 9.17) is 4.74 Å². The first-order valence-corrected chi connectivity index (χ1v) is 9.62. The zero-order valence-electron chi connectivity index (χ0n) is 15.1. The molecule has 4 rings (SSSR count). The summed E-state index contributed by atoms with van der Waals surface area (Å²) in [4.78, 5) is 22.8. The van der Waals surface area contributed by atoms with Gasteiger partial charge in [-0.3, -0.25) is 14.7 Å². The molecular weight excluding hydrogens is 374 g/mol. The summed E-state index contributed by atoms with van der Waals surface area (Å²) in [5, 5.41) is 9.04. The fourth-order valence-electron chi connectivity index (χ4n) is 2.99. The van der Waals surface area contributed by atoms with Crippen LogP contribution in [0.1, 0.15) is 18.7 Å². The Labute approximate surface area is 166 Å². The molecule has 0 saturated heterocycles. The van der Waals surface area contributed by atoms with Gasteiger partial charge in [0.05, 0.1) is 5.69 Å². The third-order valence-corrected chi connectivity index (χ3v) is 5.01. The Morgan fingerprint density at radius 2 is 2.04 bits per heavy atom. The summed E-state index contributed by atoms with van der Waals surface area (Å²) in [7, 11) is 0. The molecule has 0 bridgehead atoms. The Kier molecular flexibility index (Phi) is 5.03. The van der Waals surface area contributed by atoms with Crippen LogP contribution in [-0.4, -0.2) is 31.8 Å². The second-order valence-corrected chi connectivity index (χ2v) is 6.99. The molecule has 7 nitrogen and oxygen atoms in total. The van der Waals surface area contributed by atoms with Gasteiger partial charge in [-0.05, 0) is 18.2 Å². The van der Waals surface area contributed by atoms with Gasteiger partial charge < -0.3 is 4.74 Å². The standard InChI is InChI=1S/C20H17N5O2S/c1-3-12-28-20-22-18-17(23-24-20)15-6-4-5-7-16(15)25(13(2)26)19(27-18)14-8-10-21-11-9-14/h3-11,19H,1,12H2,2H3/t19-/m0/s1. The molecule has 2 aromatic heterocycles. The molecule has 1 aliphatic heterocycles. The van der Waals surface area contributed by atoms with Gasteiger partial charge >= 0.3 is 0 Å². The van der Waals surface area contributed by atoms with E-state index in [2.05, 4.69) is 26.7 Å². The van der Waals surface area contributed by atoms with Crippen LogP contribution in [0, 0.1) is 0 Å². The summed E-state index contributed by atoms with van der Waals surface area (Å²) in [6, 6.07) is 11.1. The van der Waals surface area contributed by atoms with Gasteiger partial charge in [0.2, 0.25) is 23.2 Å². The molecule has 0 unspecified atom stereocenters. The average Bonchev–Trinajstić information content (AvgIpc) is 2.87. The van der Waals surface area contributed by atoms with Crippen molar-refractivity contribution in [2.75, 3.05) is 10.7 Å². The van der Waals surface area contributed by atoms with Crippen molar-refractivity contribution in [2.45, 2.75) is 18.3 Å². The minimum atomic E-state index is -0.697. The molecule has 0 fully saturated rings. The van der Waals surface area contributed by atoms with E-state index in [1.54, 1.807) is 23.4 Å². The van der Waals surface area contributed by atoms with Crippen LogP contribution < -0.4 is 9.64 Å². The number of ether oxygens (including phenoxy) is 1. The second kappa shape index (κ2) is 7.77. The van der Waals surface area contributed by atoms with Crippen LogP contribution in [0.3, 0.4) is 0 Å². The number of fused-ring (bicyclic) bond motifs is 3. The van der Waals surface area contributed by atoms with E-state index in [0.717, 1.165) is 11.1 Å². The summed E-state index contributed by atoms with van der Waals surface area (Å²) in [5.74, 6) is 0.834. The summed E-state index contributed by atoms with van der Waals surface area (Å²) < 4.78 is 6.24. The van der Waals surface area contributed by atoms with Crippen molar-refractivity contribution in [1.29, 1.82) is 0 Å². The van der Waals surface area contributed by atoms with Crippen LogP contribution in [0.15, 0.2) is 66.6 Å². The Balaban J connectivity index is 1.91. The highest BCUT2D eigenvalue weighted by molar-refractivity contribution is 7.99. The molecule has 8 heteroatoms. The van der Waals surface area contributed by atoms with Gasteiger partial charge in [-0.25, -0.2) is 0 Å². The van der Waals surface area contributed by atoms with E-state index >= 15 is 0 Å². The molecule has 28 heavy (non-hydrogen) atoms. The SMILES string of the molecule is C=CCSc1nnc2c(n1)O[C@@H](c1ccncc1)N(C(C)=O)c1ccccc1-2. The van der Waals surface area contributed by atoms with E-state index in [1.165, 1.54) is 18.7 Å². The second-order valence-electron chi connectivity index (χ2n) is 6.00. The van der Waals surface area contributed by atoms with Crippen molar-refractivity contribution >= 4 is 23.4 Å². The number of benzene rings is 1. The number of thioether (sulfide) groups is 1. The normalized spacial score (nSPS) is 15.0. The Hall–Kier alpha value is -3.26. The number of amides is 1. The number of anilines is 1. The van der Waals surface area contributed by atoms with Gasteiger partial charge in [0.25, 0.3) is 0 Å². The lowest BCUT2D eigenvalue weighted by Gasteiger charge is -2.29. The molecule has 0 N–H and O–H groups in total. The Morgan fingerprint density at radius 1 is 1.25 bits per heavy atom. The molecule has 3 heterocycles. The van der Waals surface area contributed by atoms with E-state index in [1.807, 2.05) is 36.4 Å². The number of aromatic nitrogens is 4. The van der Waals surface area contributed by atoms with Crippen LogP contribution in [0.4, 0.5) is 5.69 Å². The molecule has 0 radical (unpaired) electrons. The summed E-state index contributed by atoms with van der Waals surface area (Å²) in [6.07, 6.45) is 4.40. The van der Waals surface area contributed by atoms with Gasteiger partial charge in [-0.1, -0.05) is 36.0 Å². The molecule has 0 aliphatic carbocycles. The van der Waals surface area contributed by atoms with E-state index in [0.29, 0.717) is 28.2 Å². The molecule has 140 valence electrons. The lowest BCUT2D eigenvalue weighted by atomic mass is 10.1. The molecular formula is C20H17N5O2S. The van der Waals surface area contributed by atoms with Crippen LogP contribution in [0.5, 0.6) is 5.88 Å². The van der Waals surface area contributed by atoms with Gasteiger partial charge in [0.15, 0.2) is 5.69 Å². The third kappa shape index (κ3) is 3.34. The van der Waals surface area contributed by atoms with Crippen LogP contribution in [-0.2, 0) is 4.79 Å². The largest absolute Gasteiger partial charge is 0.447 e. The van der Waals surface area contributed by atoms with E-state index in [-0.39, 0.29) is 5.91 Å². The lowest BCUT2D eigenvalue weighted by Crippen LogP contribution is -2.36. The molecule has 1 aromatic carbocycles. The van der Waals surface area contributed by atoms with Crippen LogP contribution in [0.2, 0.25) is 0 Å². The maximum atomic E-state index is 12.6. The predicted octanol–water partition coefficient (Wildman–Crippen LogP) is 3.66. The quantitative estimate of drug-likeness (QED) is 0.496. The molecule has 3 aromatic rings. The highest BCUT2D eigenvalue weighted by Crippen LogP contribution is 2.43. The van der Waals surface area contributed by atoms with Crippen molar-refractivity contribution in [3.05, 3.63) is 67.0 Å². The number of para-hydroxylation sites is 1. The maximum absolute atomic E-state index is 12.6. The first kappa shape index (κ1) is 18.1. The first-order valence-electron chi connectivity index (χ1n) is 8.63.